The van der Waals surface area contributed by atoms with Gasteiger partial charge in [0.1, 0.15) is 0 Å². The van der Waals surface area contributed by atoms with Crippen LogP contribution in [0.15, 0.2) is 60.7 Å². The van der Waals surface area contributed by atoms with Gasteiger partial charge in [0.15, 0.2) is 0 Å². The normalized spacial score (nSPS) is 13.8. The first-order valence-corrected chi connectivity index (χ1v) is 12.4. The number of amides is 1. The highest BCUT2D eigenvalue weighted by Gasteiger charge is 2.38. The van der Waals surface area contributed by atoms with Gasteiger partial charge < -0.3 is 26.2 Å². The third kappa shape index (κ3) is 10.3. The lowest BCUT2D eigenvalue weighted by Crippen LogP contribution is -2.45. The molecule has 1 atom stereocenters. The molecule has 8 nitrogen and oxygen atoms in total. The van der Waals surface area contributed by atoms with Crippen molar-refractivity contribution in [3.63, 3.8) is 0 Å². The highest BCUT2D eigenvalue weighted by Crippen LogP contribution is 2.25. The Morgan fingerprint density at radius 3 is 1.98 bits per heavy atom. The Kier molecular flexibility index (Phi) is 11.7. The van der Waals surface area contributed by atoms with Crippen molar-refractivity contribution in [1.82, 2.24) is 10.6 Å². The van der Waals surface area contributed by atoms with Gasteiger partial charge in [-0.05, 0) is 47.9 Å². The number of rotatable bonds is 6. The minimum absolute atomic E-state index is 0.0353. The SMILES string of the molecule is Cc1ccc(NCC2CNC2)cc1C(=O)N[C@H](C)c1cccc2ccccc12.O=C(O)C(F)(F)F.O=C(O)C(F)(F)F. The Morgan fingerprint density at radius 2 is 1.45 bits per heavy atom. The standard InChI is InChI=1S/C24H27N3O.2C2HF3O2/c1-16-10-11-20(26-15-18-13-25-14-18)12-23(16)24(28)27-17(2)21-9-5-7-19-6-3-4-8-22(19)21;2*3-2(4,5)1(6)7/h3-12,17-18,25-26H,13-15H2,1-2H3,(H,27,28);2*(H,6,7)/t17-;;/m1../s1. The molecule has 14 heteroatoms. The maximum Gasteiger partial charge on any atom is 0.490 e. The van der Waals surface area contributed by atoms with E-state index in [0.29, 0.717) is 5.92 Å². The van der Waals surface area contributed by atoms with Gasteiger partial charge in [-0.25, -0.2) is 9.59 Å². The molecule has 0 aliphatic carbocycles. The Morgan fingerprint density at radius 1 is 0.905 bits per heavy atom. The molecule has 228 valence electrons. The van der Waals surface area contributed by atoms with Gasteiger partial charge in [-0.2, -0.15) is 26.3 Å². The highest BCUT2D eigenvalue weighted by molar-refractivity contribution is 5.97. The Balaban J connectivity index is 0.000000367. The average molecular weight is 602 g/mol. The molecule has 0 saturated carbocycles. The van der Waals surface area contributed by atoms with Crippen LogP contribution in [0.3, 0.4) is 0 Å². The van der Waals surface area contributed by atoms with Gasteiger partial charge in [0.05, 0.1) is 6.04 Å². The van der Waals surface area contributed by atoms with Crippen LogP contribution in [-0.4, -0.2) is 60.0 Å². The lowest BCUT2D eigenvalue weighted by molar-refractivity contribution is -0.193. The number of carbonyl (C=O) groups excluding carboxylic acids is 1. The molecule has 4 rings (SSSR count). The molecular weight excluding hydrogens is 572 g/mol. The summed E-state index contributed by atoms with van der Waals surface area (Å²) >= 11 is 0. The van der Waals surface area contributed by atoms with Crippen LogP contribution >= 0.6 is 0 Å². The summed E-state index contributed by atoms with van der Waals surface area (Å²) in [6.45, 7) is 7.09. The van der Waals surface area contributed by atoms with E-state index in [0.717, 1.165) is 42.0 Å². The Labute approximate surface area is 236 Å². The molecule has 1 aliphatic heterocycles. The number of alkyl halides is 6. The van der Waals surface area contributed by atoms with E-state index in [-0.39, 0.29) is 11.9 Å². The third-order valence-corrected chi connectivity index (χ3v) is 6.07. The lowest BCUT2D eigenvalue weighted by atomic mass is 9.99. The van der Waals surface area contributed by atoms with Crippen LogP contribution < -0.4 is 16.0 Å². The highest BCUT2D eigenvalue weighted by atomic mass is 19.4. The van der Waals surface area contributed by atoms with Crippen LogP contribution in [-0.2, 0) is 9.59 Å². The van der Waals surface area contributed by atoms with Crippen molar-refractivity contribution in [2.75, 3.05) is 25.0 Å². The lowest BCUT2D eigenvalue weighted by Gasteiger charge is -2.27. The van der Waals surface area contributed by atoms with Crippen LogP contribution in [0.2, 0.25) is 0 Å². The van der Waals surface area contributed by atoms with Crippen molar-refractivity contribution in [1.29, 1.82) is 0 Å². The summed E-state index contributed by atoms with van der Waals surface area (Å²) in [5, 5.41) is 26.5. The number of aliphatic carboxylic acids is 2. The van der Waals surface area contributed by atoms with Crippen LogP contribution in [0.25, 0.3) is 10.8 Å². The van der Waals surface area contributed by atoms with Gasteiger partial charge in [-0.1, -0.05) is 48.5 Å². The fraction of sp³-hybridized carbons (Fsp3) is 0.321. The van der Waals surface area contributed by atoms with Gasteiger partial charge in [0.25, 0.3) is 5.91 Å². The van der Waals surface area contributed by atoms with Crippen LogP contribution in [0.4, 0.5) is 32.0 Å². The quantitative estimate of drug-likeness (QED) is 0.235. The molecule has 3 aromatic rings. The molecule has 0 spiro atoms. The Hall–Kier alpha value is -4.33. The maximum atomic E-state index is 13.0. The maximum absolute atomic E-state index is 13.0. The van der Waals surface area contributed by atoms with Crippen molar-refractivity contribution in [3.8, 4) is 0 Å². The second kappa shape index (κ2) is 14.5. The molecule has 0 unspecified atom stereocenters. The summed E-state index contributed by atoms with van der Waals surface area (Å²) in [6.07, 6.45) is -10.2. The smallest absolute Gasteiger partial charge is 0.475 e. The fourth-order valence-corrected chi connectivity index (χ4v) is 3.71. The number of fused-ring (bicyclic) bond motifs is 1. The number of carbonyl (C=O) groups is 3. The molecule has 0 aromatic heterocycles. The van der Waals surface area contributed by atoms with E-state index < -0.39 is 24.3 Å². The number of hydrogen-bond acceptors (Lipinski definition) is 5. The van der Waals surface area contributed by atoms with Gasteiger partial charge in [0, 0.05) is 36.8 Å². The second-order valence-electron chi connectivity index (χ2n) is 9.30. The van der Waals surface area contributed by atoms with Crippen molar-refractivity contribution < 1.29 is 50.9 Å². The summed E-state index contributed by atoms with van der Waals surface area (Å²) < 4.78 is 63.5. The van der Waals surface area contributed by atoms with E-state index >= 15 is 0 Å². The summed E-state index contributed by atoms with van der Waals surface area (Å²) in [6, 6.07) is 20.5. The predicted molar refractivity (Wildman–Crippen MR) is 143 cm³/mol. The number of nitrogens with one attached hydrogen (secondary N) is 3. The summed E-state index contributed by atoms with van der Waals surface area (Å²) in [7, 11) is 0. The van der Waals surface area contributed by atoms with Crippen molar-refractivity contribution in [3.05, 3.63) is 77.4 Å². The first-order chi connectivity index (χ1) is 19.5. The number of aryl methyl sites for hydroxylation is 1. The molecule has 3 aromatic carbocycles. The van der Waals surface area contributed by atoms with Crippen molar-refractivity contribution >= 4 is 34.3 Å². The zero-order valence-corrected chi connectivity index (χ0v) is 22.4. The predicted octanol–water partition coefficient (Wildman–Crippen LogP) is 5.54. The summed E-state index contributed by atoms with van der Waals surface area (Å²) in [5.74, 6) is -4.88. The third-order valence-electron chi connectivity index (χ3n) is 6.07. The van der Waals surface area contributed by atoms with Gasteiger partial charge in [0.2, 0.25) is 0 Å². The van der Waals surface area contributed by atoms with Gasteiger partial charge >= 0.3 is 24.3 Å². The number of carboxylic acid groups (broad SMARTS) is 2. The van der Waals surface area contributed by atoms with Crippen molar-refractivity contribution in [2.45, 2.75) is 32.2 Å². The largest absolute Gasteiger partial charge is 0.490 e. The molecule has 1 aliphatic rings. The van der Waals surface area contributed by atoms with E-state index in [4.69, 9.17) is 19.8 Å². The zero-order valence-electron chi connectivity index (χ0n) is 22.4. The van der Waals surface area contributed by atoms with E-state index in [1.54, 1.807) is 0 Å². The van der Waals surface area contributed by atoms with E-state index in [1.807, 2.05) is 50.2 Å². The summed E-state index contributed by atoms with van der Waals surface area (Å²) in [5.41, 5.74) is 3.85. The minimum Gasteiger partial charge on any atom is -0.475 e. The number of carboxylic acids is 2. The first-order valence-electron chi connectivity index (χ1n) is 12.4. The Bertz CT molecular complexity index is 1360. The molecule has 1 heterocycles. The zero-order chi connectivity index (χ0) is 31.7. The molecule has 1 saturated heterocycles. The van der Waals surface area contributed by atoms with Gasteiger partial charge in [-0.3, -0.25) is 4.79 Å². The second-order valence-corrected chi connectivity index (χ2v) is 9.30. The molecule has 0 bridgehead atoms. The summed E-state index contributed by atoms with van der Waals surface area (Å²) in [4.78, 5) is 30.8. The van der Waals surface area contributed by atoms with Crippen molar-refractivity contribution in [2.24, 2.45) is 5.92 Å². The molecule has 42 heavy (non-hydrogen) atoms. The number of benzene rings is 3. The van der Waals surface area contributed by atoms with E-state index in [2.05, 4.69) is 40.2 Å². The molecule has 1 fully saturated rings. The average Bonchev–Trinajstić information content (AvgIpc) is 2.88. The number of halogens is 6. The molecule has 0 radical (unpaired) electrons. The number of anilines is 1. The van der Waals surface area contributed by atoms with E-state index in [1.165, 1.54) is 10.8 Å². The minimum atomic E-state index is -5.08. The van der Waals surface area contributed by atoms with Crippen LogP contribution in [0.5, 0.6) is 0 Å². The van der Waals surface area contributed by atoms with E-state index in [9.17, 15) is 31.1 Å². The van der Waals surface area contributed by atoms with Gasteiger partial charge in [-0.15, -0.1) is 0 Å². The topological polar surface area (TPSA) is 128 Å². The molecule has 5 N–H and O–H groups in total. The molecular formula is C28H29F6N3O5. The fourth-order valence-electron chi connectivity index (χ4n) is 3.71. The molecule has 1 amide bonds. The first kappa shape index (κ1) is 33.9. The van der Waals surface area contributed by atoms with Crippen LogP contribution in [0, 0.1) is 12.8 Å². The van der Waals surface area contributed by atoms with Crippen LogP contribution in [0.1, 0.15) is 34.5 Å². The monoisotopic (exact) mass is 601 g/mol. The number of hydrogen-bond donors (Lipinski definition) is 5.